The SMILES string of the molecule is Cc1ccc([C@H](N)C(C)(C)C)c(F)c1.Cl. The second-order valence-electron chi connectivity index (χ2n) is 4.87. The normalized spacial score (nSPS) is 13.2. The van der Waals surface area contributed by atoms with Gasteiger partial charge in [-0.25, -0.2) is 4.39 Å². The molecule has 0 saturated carbocycles. The van der Waals surface area contributed by atoms with Crippen molar-refractivity contribution in [2.45, 2.75) is 33.7 Å². The average molecular weight is 232 g/mol. The Morgan fingerprint density at radius 1 is 1.27 bits per heavy atom. The molecule has 0 aliphatic rings. The van der Waals surface area contributed by atoms with E-state index >= 15 is 0 Å². The van der Waals surface area contributed by atoms with Gasteiger partial charge >= 0.3 is 0 Å². The van der Waals surface area contributed by atoms with Crippen molar-refractivity contribution in [3.05, 3.63) is 35.1 Å². The Morgan fingerprint density at radius 2 is 1.80 bits per heavy atom. The van der Waals surface area contributed by atoms with E-state index in [4.69, 9.17) is 5.73 Å². The number of halogens is 2. The minimum absolute atomic E-state index is 0. The van der Waals surface area contributed by atoms with Gasteiger partial charge in [-0.05, 0) is 24.0 Å². The third-order valence-electron chi connectivity index (χ3n) is 2.42. The lowest BCUT2D eigenvalue weighted by atomic mass is 9.83. The highest BCUT2D eigenvalue weighted by atomic mass is 35.5. The summed E-state index contributed by atoms with van der Waals surface area (Å²) in [5.74, 6) is -0.201. The van der Waals surface area contributed by atoms with Crippen molar-refractivity contribution in [2.75, 3.05) is 0 Å². The first-order valence-electron chi connectivity index (χ1n) is 4.84. The van der Waals surface area contributed by atoms with Gasteiger partial charge in [-0.3, -0.25) is 0 Å². The molecule has 2 N–H and O–H groups in total. The van der Waals surface area contributed by atoms with E-state index in [0.717, 1.165) is 5.56 Å². The summed E-state index contributed by atoms with van der Waals surface area (Å²) in [6.07, 6.45) is 0. The highest BCUT2D eigenvalue weighted by Gasteiger charge is 2.24. The molecule has 0 bridgehead atoms. The van der Waals surface area contributed by atoms with Gasteiger partial charge in [-0.2, -0.15) is 0 Å². The van der Waals surface area contributed by atoms with Crippen LogP contribution in [0.25, 0.3) is 0 Å². The van der Waals surface area contributed by atoms with Crippen molar-refractivity contribution < 1.29 is 4.39 Å². The second-order valence-corrected chi connectivity index (χ2v) is 4.87. The van der Waals surface area contributed by atoms with Crippen LogP contribution >= 0.6 is 12.4 Å². The third kappa shape index (κ3) is 3.47. The molecule has 1 rings (SSSR count). The van der Waals surface area contributed by atoms with Crippen molar-refractivity contribution in [3.63, 3.8) is 0 Å². The zero-order chi connectivity index (χ0) is 10.9. The van der Waals surface area contributed by atoms with Crippen molar-refractivity contribution in [3.8, 4) is 0 Å². The van der Waals surface area contributed by atoms with Crippen LogP contribution in [-0.4, -0.2) is 0 Å². The first-order chi connectivity index (χ1) is 6.32. The van der Waals surface area contributed by atoms with Gasteiger partial charge in [0.25, 0.3) is 0 Å². The largest absolute Gasteiger partial charge is 0.323 e. The third-order valence-corrected chi connectivity index (χ3v) is 2.42. The highest BCUT2D eigenvalue weighted by Crippen LogP contribution is 2.31. The second kappa shape index (κ2) is 4.95. The summed E-state index contributed by atoms with van der Waals surface area (Å²) in [6.45, 7) is 7.90. The molecule has 0 aromatic heterocycles. The summed E-state index contributed by atoms with van der Waals surface area (Å²) in [6, 6.07) is 4.94. The molecule has 0 heterocycles. The number of benzene rings is 1. The molecule has 0 unspecified atom stereocenters. The molecule has 0 aliphatic heterocycles. The van der Waals surface area contributed by atoms with E-state index in [1.165, 1.54) is 6.07 Å². The highest BCUT2D eigenvalue weighted by molar-refractivity contribution is 5.85. The van der Waals surface area contributed by atoms with Crippen LogP contribution in [0.5, 0.6) is 0 Å². The van der Waals surface area contributed by atoms with E-state index in [0.29, 0.717) is 5.56 Å². The van der Waals surface area contributed by atoms with E-state index in [1.54, 1.807) is 6.07 Å². The van der Waals surface area contributed by atoms with Gasteiger partial charge < -0.3 is 5.73 Å². The predicted octanol–water partition coefficient (Wildman–Crippen LogP) is 3.60. The van der Waals surface area contributed by atoms with Gasteiger partial charge in [-0.15, -0.1) is 12.4 Å². The topological polar surface area (TPSA) is 26.0 Å². The maximum Gasteiger partial charge on any atom is 0.128 e. The number of rotatable bonds is 1. The zero-order valence-electron chi connectivity index (χ0n) is 9.67. The van der Waals surface area contributed by atoms with Crippen molar-refractivity contribution in [1.82, 2.24) is 0 Å². The fraction of sp³-hybridized carbons (Fsp3) is 0.500. The molecule has 3 heteroatoms. The molecule has 0 amide bonds. The van der Waals surface area contributed by atoms with Crippen LogP contribution < -0.4 is 5.73 Å². The summed E-state index contributed by atoms with van der Waals surface area (Å²) in [5, 5.41) is 0. The standard InChI is InChI=1S/C12H18FN.ClH/c1-8-5-6-9(10(13)7-8)11(14)12(2,3)4;/h5-7,11H,14H2,1-4H3;1H/t11-;/m0./s1. The maximum atomic E-state index is 13.6. The van der Waals surface area contributed by atoms with Crippen molar-refractivity contribution >= 4 is 12.4 Å². The Bertz CT molecular complexity index is 331. The van der Waals surface area contributed by atoms with Gasteiger partial charge in [0.2, 0.25) is 0 Å². The monoisotopic (exact) mass is 231 g/mol. The van der Waals surface area contributed by atoms with E-state index in [2.05, 4.69) is 0 Å². The van der Waals surface area contributed by atoms with Gasteiger partial charge in [-0.1, -0.05) is 32.9 Å². The fourth-order valence-electron chi connectivity index (χ4n) is 1.35. The van der Waals surface area contributed by atoms with Gasteiger partial charge in [0.1, 0.15) is 5.82 Å². The molecule has 0 saturated heterocycles. The van der Waals surface area contributed by atoms with Crippen molar-refractivity contribution in [2.24, 2.45) is 11.1 Å². The van der Waals surface area contributed by atoms with E-state index in [-0.39, 0.29) is 29.7 Å². The number of nitrogens with two attached hydrogens (primary N) is 1. The summed E-state index contributed by atoms with van der Waals surface area (Å²) in [7, 11) is 0. The van der Waals surface area contributed by atoms with E-state index < -0.39 is 0 Å². The van der Waals surface area contributed by atoms with Crippen LogP contribution in [0.4, 0.5) is 4.39 Å². The molecule has 0 fully saturated rings. The van der Waals surface area contributed by atoms with E-state index in [1.807, 2.05) is 33.8 Å². The lowest BCUT2D eigenvalue weighted by Gasteiger charge is -2.27. The van der Waals surface area contributed by atoms with Gasteiger partial charge in [0.15, 0.2) is 0 Å². The molecular weight excluding hydrogens is 213 g/mol. The fourth-order valence-corrected chi connectivity index (χ4v) is 1.35. The van der Waals surface area contributed by atoms with Crippen LogP contribution in [0, 0.1) is 18.2 Å². The minimum atomic E-state index is -0.261. The number of hydrogen-bond acceptors (Lipinski definition) is 1. The summed E-state index contributed by atoms with van der Waals surface area (Å²) in [4.78, 5) is 0. The first kappa shape index (κ1) is 14.4. The average Bonchev–Trinajstić information content (AvgIpc) is 2.01. The molecular formula is C12H19ClFN. The molecule has 1 aromatic carbocycles. The van der Waals surface area contributed by atoms with Crippen LogP contribution in [-0.2, 0) is 0 Å². The lowest BCUT2D eigenvalue weighted by Crippen LogP contribution is -2.27. The van der Waals surface area contributed by atoms with Crippen molar-refractivity contribution in [1.29, 1.82) is 0 Å². The Kier molecular flexibility index (Phi) is 4.75. The lowest BCUT2D eigenvalue weighted by molar-refractivity contribution is 0.319. The quantitative estimate of drug-likeness (QED) is 0.785. The molecule has 15 heavy (non-hydrogen) atoms. The molecule has 0 radical (unpaired) electrons. The smallest absolute Gasteiger partial charge is 0.128 e. The predicted molar refractivity (Wildman–Crippen MR) is 64.8 cm³/mol. The Balaban J connectivity index is 0.00000196. The molecule has 1 nitrogen and oxygen atoms in total. The van der Waals surface area contributed by atoms with Crippen LogP contribution in [0.3, 0.4) is 0 Å². The zero-order valence-corrected chi connectivity index (χ0v) is 10.5. The van der Waals surface area contributed by atoms with Gasteiger partial charge in [0.05, 0.1) is 0 Å². The maximum absolute atomic E-state index is 13.6. The summed E-state index contributed by atoms with van der Waals surface area (Å²) >= 11 is 0. The van der Waals surface area contributed by atoms with Gasteiger partial charge in [0, 0.05) is 11.6 Å². The van der Waals surface area contributed by atoms with Crippen LogP contribution in [0.2, 0.25) is 0 Å². The number of hydrogen-bond donors (Lipinski definition) is 1. The molecule has 86 valence electrons. The summed E-state index contributed by atoms with van der Waals surface area (Å²) in [5.41, 5.74) is 7.39. The first-order valence-corrected chi connectivity index (χ1v) is 4.84. The molecule has 0 aliphatic carbocycles. The Morgan fingerprint density at radius 3 is 2.20 bits per heavy atom. The van der Waals surface area contributed by atoms with E-state index in [9.17, 15) is 4.39 Å². The Labute approximate surface area is 97.3 Å². The van der Waals surface area contributed by atoms with Crippen LogP contribution in [0.1, 0.15) is 37.9 Å². The Hall–Kier alpha value is -0.600. The van der Waals surface area contributed by atoms with Crippen LogP contribution in [0.15, 0.2) is 18.2 Å². The molecule has 1 atom stereocenters. The molecule has 1 aromatic rings. The minimum Gasteiger partial charge on any atom is -0.323 e. The molecule has 0 spiro atoms. The summed E-state index contributed by atoms with van der Waals surface area (Å²) < 4.78 is 13.6. The number of aryl methyl sites for hydroxylation is 1.